The minimum Gasteiger partial charge on any atom is -0.370 e. The number of amides is 5. The predicted octanol–water partition coefficient (Wildman–Crippen LogP) is -1.14. The van der Waals surface area contributed by atoms with Gasteiger partial charge in [0.05, 0.1) is 6.54 Å². The van der Waals surface area contributed by atoms with Crippen molar-refractivity contribution in [3.8, 4) is 0 Å². The molecule has 2 aromatic carbocycles. The van der Waals surface area contributed by atoms with E-state index in [1.54, 1.807) is 0 Å². The van der Waals surface area contributed by atoms with Crippen LogP contribution in [0.1, 0.15) is 36.1 Å². The fourth-order valence-electron chi connectivity index (χ4n) is 5.55. The number of nitrogens with zero attached hydrogens (tertiary/aromatic N) is 2. The zero-order valence-corrected chi connectivity index (χ0v) is 28.9. The van der Waals surface area contributed by atoms with Crippen molar-refractivity contribution in [1.82, 2.24) is 26.6 Å². The quantitative estimate of drug-likeness (QED) is 0.0621. The van der Waals surface area contributed by atoms with Gasteiger partial charge in [-0.1, -0.05) is 48.5 Å². The van der Waals surface area contributed by atoms with Crippen LogP contribution in [0.5, 0.6) is 0 Å². The molecular weight excluding hydrogens is 675 g/mol. The third-order valence-corrected chi connectivity index (χ3v) is 9.00. The first-order valence-corrected chi connectivity index (χ1v) is 17.5. The van der Waals surface area contributed by atoms with Gasteiger partial charge >= 0.3 is 0 Å². The Morgan fingerprint density at radius 2 is 1.22 bits per heavy atom. The monoisotopic (exact) mass is 719 g/mol. The maximum absolute atomic E-state index is 13.9. The number of carbonyl (C=O) groups is 5. The van der Waals surface area contributed by atoms with Crippen molar-refractivity contribution in [1.29, 1.82) is 0 Å². The molecule has 272 valence electrons. The second kappa shape index (κ2) is 18.9. The van der Waals surface area contributed by atoms with Crippen LogP contribution in [0.2, 0.25) is 0 Å². The molecule has 4 rings (SSSR count). The number of thiophene rings is 1. The SMILES string of the molecule is NC(N)=NCCC[C@@H]1NC(=O)[C@H](CCCN=C(N)N)NC(=O)[C@@H](Cc2cccs2)NC(=O)CNC(=O)[C@H](Cc2ccc3ccccc3c2)NC1=O. The van der Waals surface area contributed by atoms with Gasteiger partial charge in [0.15, 0.2) is 11.9 Å². The van der Waals surface area contributed by atoms with E-state index in [-0.39, 0.29) is 50.7 Å². The second-order valence-electron chi connectivity index (χ2n) is 12.1. The Morgan fingerprint density at radius 3 is 1.80 bits per heavy atom. The first-order chi connectivity index (χ1) is 24.5. The Kier molecular flexibility index (Phi) is 14.1. The molecule has 1 aliphatic rings. The Bertz CT molecular complexity index is 1740. The smallest absolute Gasteiger partial charge is 0.243 e. The molecule has 1 fully saturated rings. The standard InChI is InChI=1S/C34H45N11O5S/c35-33(36)39-13-3-9-24-30(48)43-25(10-4-14-40-34(37)38)31(49)45-26(17-20-11-12-21-6-1-2-7-22(21)16-20)29(47)41-19-28(46)42-27(32(50)44-24)18-23-8-5-15-51-23/h1-2,5-8,11-12,15-16,24-27H,3-4,9-10,13-14,17-19H2,(H,41,47)(H,42,46)(H,43,48)(H,44,50)(H,45,49)(H4,35,36,39)(H4,37,38,40)/t24-,25-,26-,27+/m0/s1. The van der Waals surface area contributed by atoms with Gasteiger partial charge in [0, 0.05) is 30.8 Å². The molecule has 16 nitrogen and oxygen atoms in total. The number of nitrogens with one attached hydrogen (secondary N) is 5. The molecule has 0 spiro atoms. The molecule has 0 bridgehead atoms. The number of fused-ring (bicyclic) bond motifs is 1. The van der Waals surface area contributed by atoms with E-state index >= 15 is 0 Å². The number of hydrogen-bond donors (Lipinski definition) is 9. The van der Waals surface area contributed by atoms with E-state index in [2.05, 4.69) is 36.6 Å². The van der Waals surface area contributed by atoms with E-state index in [1.807, 2.05) is 60.0 Å². The minimum absolute atomic E-state index is 0.0904. The Hall–Kier alpha value is -5.71. The summed E-state index contributed by atoms with van der Waals surface area (Å²) < 4.78 is 0. The number of guanidine groups is 2. The van der Waals surface area contributed by atoms with E-state index in [1.165, 1.54) is 11.3 Å². The predicted molar refractivity (Wildman–Crippen MR) is 196 cm³/mol. The number of benzene rings is 2. The molecule has 2 heterocycles. The molecular formula is C34H45N11O5S. The number of rotatable bonds is 12. The molecule has 4 atom stereocenters. The normalized spacial score (nSPS) is 20.4. The first kappa shape index (κ1) is 38.1. The molecule has 1 aromatic heterocycles. The van der Waals surface area contributed by atoms with Gasteiger partial charge in [-0.3, -0.25) is 34.0 Å². The number of aliphatic imine (C=N–C) groups is 2. The van der Waals surface area contributed by atoms with Gasteiger partial charge in [-0.25, -0.2) is 0 Å². The van der Waals surface area contributed by atoms with Gasteiger partial charge in [0.25, 0.3) is 0 Å². The van der Waals surface area contributed by atoms with E-state index < -0.39 is 60.2 Å². The van der Waals surface area contributed by atoms with Crippen LogP contribution in [-0.4, -0.2) is 85.3 Å². The third kappa shape index (κ3) is 12.3. The topological polar surface area (TPSA) is 274 Å². The molecule has 0 unspecified atom stereocenters. The van der Waals surface area contributed by atoms with E-state index in [9.17, 15) is 24.0 Å². The highest BCUT2D eigenvalue weighted by atomic mass is 32.1. The molecule has 0 saturated carbocycles. The Balaban J connectivity index is 1.66. The number of hydrogen-bond acceptors (Lipinski definition) is 8. The van der Waals surface area contributed by atoms with Crippen molar-refractivity contribution < 1.29 is 24.0 Å². The summed E-state index contributed by atoms with van der Waals surface area (Å²) >= 11 is 1.40. The lowest BCUT2D eigenvalue weighted by Crippen LogP contribution is -2.58. The maximum atomic E-state index is 13.9. The van der Waals surface area contributed by atoms with Crippen LogP contribution in [0.3, 0.4) is 0 Å². The summed E-state index contributed by atoms with van der Waals surface area (Å²) in [5.74, 6) is -3.41. The molecule has 51 heavy (non-hydrogen) atoms. The van der Waals surface area contributed by atoms with E-state index in [0.29, 0.717) is 12.8 Å². The first-order valence-electron chi connectivity index (χ1n) is 16.6. The lowest BCUT2D eigenvalue weighted by Gasteiger charge is -2.26. The zero-order valence-electron chi connectivity index (χ0n) is 28.1. The molecule has 13 N–H and O–H groups in total. The van der Waals surface area contributed by atoms with Crippen molar-refractivity contribution in [2.45, 2.75) is 62.7 Å². The highest BCUT2D eigenvalue weighted by molar-refractivity contribution is 7.09. The largest absolute Gasteiger partial charge is 0.370 e. The van der Waals surface area contributed by atoms with Gasteiger partial charge in [0.1, 0.15) is 24.2 Å². The highest BCUT2D eigenvalue weighted by Gasteiger charge is 2.32. The fraction of sp³-hybridized carbons (Fsp3) is 0.382. The van der Waals surface area contributed by atoms with E-state index in [4.69, 9.17) is 22.9 Å². The van der Waals surface area contributed by atoms with Gasteiger partial charge in [0.2, 0.25) is 29.5 Å². The summed E-state index contributed by atoms with van der Waals surface area (Å²) in [4.78, 5) is 76.9. The van der Waals surface area contributed by atoms with Crippen molar-refractivity contribution >= 4 is 63.6 Å². The van der Waals surface area contributed by atoms with Gasteiger partial charge in [-0.2, -0.15) is 0 Å². The van der Waals surface area contributed by atoms with Crippen LogP contribution in [0.15, 0.2) is 70.0 Å². The second-order valence-corrected chi connectivity index (χ2v) is 13.1. The molecule has 17 heteroatoms. The number of carbonyl (C=O) groups excluding carboxylic acids is 5. The maximum Gasteiger partial charge on any atom is 0.243 e. The van der Waals surface area contributed by atoms with Crippen molar-refractivity contribution in [2.75, 3.05) is 19.6 Å². The molecule has 1 saturated heterocycles. The molecule has 3 aromatic rings. The summed E-state index contributed by atoms with van der Waals surface area (Å²) in [7, 11) is 0. The van der Waals surface area contributed by atoms with Crippen LogP contribution in [-0.2, 0) is 36.8 Å². The summed E-state index contributed by atoms with van der Waals surface area (Å²) in [5.41, 5.74) is 22.6. The molecule has 0 aliphatic carbocycles. The fourth-order valence-corrected chi connectivity index (χ4v) is 6.30. The van der Waals surface area contributed by atoms with Crippen LogP contribution >= 0.6 is 11.3 Å². The summed E-state index contributed by atoms with van der Waals surface area (Å²) in [6.45, 7) is -0.0952. The van der Waals surface area contributed by atoms with Crippen LogP contribution < -0.4 is 49.5 Å². The Morgan fingerprint density at radius 1 is 0.647 bits per heavy atom. The molecule has 1 aliphatic heterocycles. The van der Waals surface area contributed by atoms with Crippen molar-refractivity contribution in [2.24, 2.45) is 32.9 Å². The van der Waals surface area contributed by atoms with Gasteiger partial charge in [-0.05, 0) is 53.5 Å². The summed E-state index contributed by atoms with van der Waals surface area (Å²) in [5, 5.41) is 17.4. The average molecular weight is 720 g/mol. The highest BCUT2D eigenvalue weighted by Crippen LogP contribution is 2.17. The van der Waals surface area contributed by atoms with Crippen molar-refractivity contribution in [3.05, 3.63) is 70.4 Å². The van der Waals surface area contributed by atoms with Crippen LogP contribution in [0, 0.1) is 0 Å². The van der Waals surface area contributed by atoms with Crippen LogP contribution in [0.25, 0.3) is 10.8 Å². The van der Waals surface area contributed by atoms with Gasteiger partial charge < -0.3 is 49.5 Å². The molecule has 0 radical (unpaired) electrons. The Labute approximate surface area is 299 Å². The van der Waals surface area contributed by atoms with E-state index in [0.717, 1.165) is 21.2 Å². The van der Waals surface area contributed by atoms with Crippen molar-refractivity contribution in [3.63, 3.8) is 0 Å². The number of nitrogens with two attached hydrogens (primary N) is 4. The lowest BCUT2D eigenvalue weighted by molar-refractivity contribution is -0.134. The minimum atomic E-state index is -1.14. The summed E-state index contributed by atoms with van der Waals surface area (Å²) in [6.07, 6.45) is 1.07. The zero-order chi connectivity index (χ0) is 36.8. The summed E-state index contributed by atoms with van der Waals surface area (Å²) in [6, 6.07) is 12.6. The third-order valence-electron chi connectivity index (χ3n) is 8.10. The molecule has 5 amide bonds. The lowest BCUT2D eigenvalue weighted by atomic mass is 10.0. The van der Waals surface area contributed by atoms with Crippen LogP contribution in [0.4, 0.5) is 0 Å². The average Bonchev–Trinajstić information content (AvgIpc) is 3.61. The van der Waals surface area contributed by atoms with Gasteiger partial charge in [-0.15, -0.1) is 11.3 Å².